The van der Waals surface area contributed by atoms with Crippen LogP contribution in [0.1, 0.15) is 67.2 Å². The van der Waals surface area contributed by atoms with Crippen molar-refractivity contribution in [3.63, 3.8) is 0 Å². The molecule has 1 aliphatic heterocycles. The summed E-state index contributed by atoms with van der Waals surface area (Å²) in [7, 11) is -3.91. The monoisotopic (exact) mass is 760 g/mol. The van der Waals surface area contributed by atoms with E-state index in [1.54, 1.807) is 53.9 Å². The van der Waals surface area contributed by atoms with Gasteiger partial charge < -0.3 is 25.0 Å². The second kappa shape index (κ2) is 14.3. The van der Waals surface area contributed by atoms with Crippen molar-refractivity contribution in [2.45, 2.75) is 102 Å². The summed E-state index contributed by atoms with van der Waals surface area (Å²) in [5.41, 5.74) is -1.77. The number of nitrogens with one attached hydrogen (secondary N) is 3. The van der Waals surface area contributed by atoms with Gasteiger partial charge in [0.1, 0.15) is 29.3 Å². The molecule has 5 atom stereocenters. The number of likely N-dealkylation sites (tertiary alicyclic amines) is 1. The Labute approximate surface area is 315 Å². The molecule has 2 aliphatic carbocycles. The van der Waals surface area contributed by atoms with Crippen LogP contribution in [0.4, 0.5) is 4.79 Å². The second-order valence-electron chi connectivity index (χ2n) is 16.4. The lowest BCUT2D eigenvalue weighted by molar-refractivity contribution is -0.143. The summed E-state index contributed by atoms with van der Waals surface area (Å²) >= 11 is 0. The van der Waals surface area contributed by atoms with Gasteiger partial charge >= 0.3 is 6.09 Å². The van der Waals surface area contributed by atoms with Crippen molar-refractivity contribution in [3.8, 4) is 17.1 Å². The maximum Gasteiger partial charge on any atom is 0.408 e. The Hall–Kier alpha value is -5.05. The molecule has 0 spiro atoms. The third kappa shape index (κ3) is 8.35. The van der Waals surface area contributed by atoms with Gasteiger partial charge in [-0.05, 0) is 75.1 Å². The van der Waals surface area contributed by atoms with Crippen LogP contribution < -0.4 is 20.1 Å². The lowest BCUT2D eigenvalue weighted by Gasteiger charge is -2.36. The minimum Gasteiger partial charge on any atom is -0.472 e. The highest BCUT2D eigenvalue weighted by Crippen LogP contribution is 2.45. The van der Waals surface area contributed by atoms with Gasteiger partial charge in [0.15, 0.2) is 0 Å². The number of hydrogen-bond acceptors (Lipinski definition) is 10. The Morgan fingerprint density at radius 2 is 1.72 bits per heavy atom. The van der Waals surface area contributed by atoms with Crippen LogP contribution in [0.15, 0.2) is 67.5 Å². The number of benzene rings is 1. The van der Waals surface area contributed by atoms with E-state index in [0.717, 1.165) is 16.3 Å². The molecule has 3 fully saturated rings. The molecule has 1 aromatic carbocycles. The summed E-state index contributed by atoms with van der Waals surface area (Å²) in [5.74, 6) is -2.32. The van der Waals surface area contributed by atoms with E-state index >= 15 is 0 Å². The van der Waals surface area contributed by atoms with Crippen LogP contribution in [0.25, 0.3) is 22.0 Å². The molecule has 4 amide bonds. The Kier molecular flexibility index (Phi) is 10.2. The molecule has 2 aromatic heterocycles. The number of aromatic nitrogens is 2. The maximum absolute atomic E-state index is 14.6. The Bertz CT molecular complexity index is 2080. The molecule has 15 heteroatoms. The fourth-order valence-electron chi connectivity index (χ4n) is 6.72. The molecule has 3 aliphatic rings. The Morgan fingerprint density at radius 1 is 1.04 bits per heavy atom. The van der Waals surface area contributed by atoms with E-state index in [1.165, 1.54) is 11.0 Å². The SMILES string of the molecule is C=CC1CC1(NC(=O)C1CC(Oc2nc(-c3ccncc3)cc3ccccc23)CN1C(=O)C(NC(=O)OC(C)(C)C)C(C)(C)C)C(=O)NS(=O)(=O)C1CC1. The molecule has 288 valence electrons. The molecule has 0 bridgehead atoms. The lowest BCUT2D eigenvalue weighted by atomic mass is 9.85. The van der Waals surface area contributed by atoms with Gasteiger partial charge in [-0.25, -0.2) is 18.2 Å². The van der Waals surface area contributed by atoms with E-state index in [0.29, 0.717) is 24.4 Å². The quantitative estimate of drug-likeness (QED) is 0.239. The van der Waals surface area contributed by atoms with Crippen LogP contribution >= 0.6 is 0 Å². The van der Waals surface area contributed by atoms with E-state index < -0.39 is 79.7 Å². The summed E-state index contributed by atoms with van der Waals surface area (Å²) < 4.78 is 39.7. The Balaban J connectivity index is 1.33. The number of pyridine rings is 2. The van der Waals surface area contributed by atoms with E-state index in [-0.39, 0.29) is 19.4 Å². The van der Waals surface area contributed by atoms with Crippen molar-refractivity contribution in [2.24, 2.45) is 11.3 Å². The van der Waals surface area contributed by atoms with Gasteiger partial charge in [-0.1, -0.05) is 45.0 Å². The number of nitrogens with zero attached hydrogens (tertiary/aromatic N) is 3. The summed E-state index contributed by atoms with van der Waals surface area (Å²) in [6, 6.07) is 10.9. The van der Waals surface area contributed by atoms with Crippen LogP contribution in [0.5, 0.6) is 5.88 Å². The topological polar surface area (TPSA) is 186 Å². The van der Waals surface area contributed by atoms with Gasteiger partial charge in [0.2, 0.25) is 27.7 Å². The molecule has 2 saturated carbocycles. The first-order valence-corrected chi connectivity index (χ1v) is 19.6. The molecular formula is C39H48N6O8S. The molecule has 54 heavy (non-hydrogen) atoms. The van der Waals surface area contributed by atoms with Crippen LogP contribution in [0.3, 0.4) is 0 Å². The predicted octanol–water partition coefficient (Wildman–Crippen LogP) is 4.25. The molecule has 3 aromatic rings. The number of sulfonamides is 1. The third-order valence-corrected chi connectivity index (χ3v) is 11.7. The van der Waals surface area contributed by atoms with Gasteiger partial charge in [-0.3, -0.25) is 24.1 Å². The first-order valence-electron chi connectivity index (χ1n) is 18.1. The van der Waals surface area contributed by atoms with Gasteiger partial charge in [0, 0.05) is 35.7 Å². The molecule has 1 saturated heterocycles. The van der Waals surface area contributed by atoms with E-state index in [2.05, 4.69) is 26.9 Å². The predicted molar refractivity (Wildman–Crippen MR) is 201 cm³/mol. The van der Waals surface area contributed by atoms with E-state index in [4.69, 9.17) is 14.5 Å². The van der Waals surface area contributed by atoms with Crippen molar-refractivity contribution in [1.29, 1.82) is 0 Å². The van der Waals surface area contributed by atoms with Crippen LogP contribution in [0.2, 0.25) is 0 Å². The fraction of sp³-hybridized carbons (Fsp3) is 0.487. The lowest BCUT2D eigenvalue weighted by Crippen LogP contribution is -2.60. The zero-order valence-electron chi connectivity index (χ0n) is 31.4. The molecule has 3 heterocycles. The fourth-order valence-corrected chi connectivity index (χ4v) is 8.08. The molecular weight excluding hydrogens is 713 g/mol. The second-order valence-corrected chi connectivity index (χ2v) is 18.3. The minimum absolute atomic E-state index is 0.00714. The standard InChI is InChI=1S/C39H48N6O8S/c1-8-25-21-39(25,35(48)44-54(50,51)27-13-14-27)43-32(46)30-20-26(22-45(30)34(47)31(37(2,3)4)42-36(49)53-38(5,6)7)52-33-28-12-10-9-11-24(28)19-29(41-33)23-15-17-40-18-16-23/h8-12,15-19,25-27,30-31H,1,13-14,20-22H2,2-7H3,(H,42,49)(H,43,46)(H,44,48). The Morgan fingerprint density at radius 3 is 2.33 bits per heavy atom. The molecule has 14 nitrogen and oxygen atoms in total. The summed E-state index contributed by atoms with van der Waals surface area (Å²) in [6.07, 6.45) is 4.34. The average Bonchev–Trinajstić information content (AvgIpc) is 4.03. The van der Waals surface area contributed by atoms with Crippen LogP contribution in [0, 0.1) is 11.3 Å². The van der Waals surface area contributed by atoms with E-state index in [9.17, 15) is 27.6 Å². The highest BCUT2D eigenvalue weighted by molar-refractivity contribution is 7.91. The molecule has 0 radical (unpaired) electrons. The number of amides is 4. The number of fused-ring (bicyclic) bond motifs is 1. The van der Waals surface area contributed by atoms with Crippen molar-refractivity contribution in [2.75, 3.05) is 6.54 Å². The first-order chi connectivity index (χ1) is 25.3. The van der Waals surface area contributed by atoms with Crippen LogP contribution in [-0.2, 0) is 29.1 Å². The highest BCUT2D eigenvalue weighted by Gasteiger charge is 2.62. The van der Waals surface area contributed by atoms with Crippen molar-refractivity contribution < 1.29 is 37.1 Å². The summed E-state index contributed by atoms with van der Waals surface area (Å²) in [5, 5.41) is 6.45. The number of carbonyl (C=O) groups is 4. The minimum atomic E-state index is -3.91. The molecule has 3 N–H and O–H groups in total. The average molecular weight is 761 g/mol. The van der Waals surface area contributed by atoms with Crippen molar-refractivity contribution in [1.82, 2.24) is 30.2 Å². The zero-order valence-corrected chi connectivity index (χ0v) is 32.2. The summed E-state index contributed by atoms with van der Waals surface area (Å²) in [4.78, 5) is 65.8. The van der Waals surface area contributed by atoms with Gasteiger partial charge in [-0.15, -0.1) is 6.58 Å². The number of alkyl carbamates (subject to hydrolysis) is 1. The van der Waals surface area contributed by atoms with Gasteiger partial charge in [-0.2, -0.15) is 0 Å². The van der Waals surface area contributed by atoms with Crippen molar-refractivity contribution in [3.05, 3.63) is 67.5 Å². The zero-order chi connectivity index (χ0) is 39.2. The normalized spacial score (nSPS) is 23.2. The summed E-state index contributed by atoms with van der Waals surface area (Å²) in [6.45, 7) is 14.2. The highest BCUT2D eigenvalue weighted by atomic mass is 32.2. The van der Waals surface area contributed by atoms with Gasteiger partial charge in [0.25, 0.3) is 5.91 Å². The maximum atomic E-state index is 14.6. The smallest absolute Gasteiger partial charge is 0.408 e. The molecule has 5 unspecified atom stereocenters. The van der Waals surface area contributed by atoms with Gasteiger partial charge in [0.05, 0.1) is 17.5 Å². The number of hydrogen-bond donors (Lipinski definition) is 3. The first kappa shape index (κ1) is 38.7. The van der Waals surface area contributed by atoms with Crippen molar-refractivity contribution >= 4 is 44.6 Å². The number of rotatable bonds is 11. The largest absolute Gasteiger partial charge is 0.472 e. The third-order valence-electron chi connectivity index (χ3n) is 9.83. The van der Waals surface area contributed by atoms with E-state index in [1.807, 2.05) is 42.5 Å². The van der Waals surface area contributed by atoms with Crippen LogP contribution in [-0.4, -0.2) is 88.2 Å². The number of carbonyl (C=O) groups excluding carboxylic acids is 4. The molecule has 6 rings (SSSR count). The number of ether oxygens (including phenoxy) is 2.